The number of aromatic nitrogens is 1. The van der Waals surface area contributed by atoms with Crippen molar-refractivity contribution in [2.75, 3.05) is 11.9 Å². The van der Waals surface area contributed by atoms with Gasteiger partial charge >= 0.3 is 0 Å². The molecule has 0 unspecified atom stereocenters. The molecule has 0 radical (unpaired) electrons. The van der Waals surface area contributed by atoms with Crippen LogP contribution >= 0.6 is 11.3 Å². The van der Waals surface area contributed by atoms with Crippen molar-refractivity contribution < 1.29 is 0 Å². The summed E-state index contributed by atoms with van der Waals surface area (Å²) in [5.41, 5.74) is 1.04. The second-order valence-electron chi connectivity index (χ2n) is 4.15. The first-order chi connectivity index (χ1) is 8.92. The largest absolute Gasteiger partial charge is 0.370 e. The van der Waals surface area contributed by atoms with Crippen LogP contribution < -0.4 is 5.32 Å². The van der Waals surface area contributed by atoms with Crippen LogP contribution in [0, 0.1) is 0 Å². The number of fused-ring (bicyclic) bond motifs is 1. The highest BCUT2D eigenvalue weighted by molar-refractivity contribution is 7.09. The summed E-state index contributed by atoms with van der Waals surface area (Å²) in [5.74, 6) is 0.949. The topological polar surface area (TPSA) is 24.9 Å². The summed E-state index contributed by atoms with van der Waals surface area (Å²) in [4.78, 5) is 5.99. The summed E-state index contributed by atoms with van der Waals surface area (Å²) in [6.07, 6.45) is 1.05. The van der Waals surface area contributed by atoms with Crippen LogP contribution in [-0.4, -0.2) is 11.5 Å². The molecule has 0 atom stereocenters. The van der Waals surface area contributed by atoms with Gasteiger partial charge in [-0.05, 0) is 36.1 Å². The van der Waals surface area contributed by atoms with Crippen molar-refractivity contribution in [3.05, 3.63) is 58.8 Å². The van der Waals surface area contributed by atoms with Crippen LogP contribution in [0.1, 0.15) is 4.88 Å². The van der Waals surface area contributed by atoms with Crippen molar-refractivity contribution in [1.29, 1.82) is 0 Å². The van der Waals surface area contributed by atoms with Crippen LogP contribution in [0.5, 0.6) is 0 Å². The van der Waals surface area contributed by atoms with E-state index in [9.17, 15) is 0 Å². The van der Waals surface area contributed by atoms with E-state index in [4.69, 9.17) is 0 Å². The molecule has 0 saturated carbocycles. The highest BCUT2D eigenvalue weighted by Gasteiger charge is 1.98. The Morgan fingerprint density at radius 3 is 2.83 bits per heavy atom. The van der Waals surface area contributed by atoms with Crippen LogP contribution in [0.4, 0.5) is 5.82 Å². The molecule has 0 amide bonds. The molecule has 0 aliphatic heterocycles. The van der Waals surface area contributed by atoms with Gasteiger partial charge in [-0.3, -0.25) is 0 Å². The molecule has 3 aromatic rings. The quantitative estimate of drug-likeness (QED) is 0.762. The van der Waals surface area contributed by atoms with Gasteiger partial charge in [-0.1, -0.05) is 24.3 Å². The van der Waals surface area contributed by atoms with Crippen LogP contribution in [0.3, 0.4) is 0 Å². The smallest absolute Gasteiger partial charge is 0.126 e. The molecule has 0 fully saturated rings. The normalized spacial score (nSPS) is 10.7. The zero-order valence-corrected chi connectivity index (χ0v) is 10.8. The average molecular weight is 254 g/mol. The molecular formula is C15H14N2S. The second-order valence-corrected chi connectivity index (χ2v) is 5.18. The number of nitrogens with zero attached hydrogens (tertiary/aromatic N) is 1. The minimum atomic E-state index is 0.922. The standard InChI is InChI=1S/C15H14N2S/c1-2-6-14-12(4-1)7-8-15(17-14)16-10-9-13-5-3-11-18-13/h1-8,11H,9-10H2,(H,16,17). The number of benzene rings is 1. The summed E-state index contributed by atoms with van der Waals surface area (Å²) < 4.78 is 0. The summed E-state index contributed by atoms with van der Waals surface area (Å²) in [7, 11) is 0. The highest BCUT2D eigenvalue weighted by Crippen LogP contribution is 2.15. The van der Waals surface area contributed by atoms with Crippen molar-refractivity contribution in [2.45, 2.75) is 6.42 Å². The Bertz CT molecular complexity index is 632. The Morgan fingerprint density at radius 1 is 1.00 bits per heavy atom. The van der Waals surface area contributed by atoms with Gasteiger partial charge < -0.3 is 5.32 Å². The monoisotopic (exact) mass is 254 g/mol. The molecule has 0 saturated heterocycles. The van der Waals surface area contributed by atoms with E-state index >= 15 is 0 Å². The predicted octanol–water partition coefficient (Wildman–Crippen LogP) is 3.95. The first-order valence-corrected chi connectivity index (χ1v) is 6.92. The molecule has 1 N–H and O–H groups in total. The van der Waals surface area contributed by atoms with Gasteiger partial charge in [0.25, 0.3) is 0 Å². The Hall–Kier alpha value is -1.87. The van der Waals surface area contributed by atoms with E-state index in [0.29, 0.717) is 0 Å². The molecular weight excluding hydrogens is 240 g/mol. The third-order valence-electron chi connectivity index (χ3n) is 2.86. The molecule has 0 spiro atoms. The van der Waals surface area contributed by atoms with Gasteiger partial charge in [0.2, 0.25) is 0 Å². The molecule has 2 aromatic heterocycles. The predicted molar refractivity (Wildman–Crippen MR) is 78.3 cm³/mol. The molecule has 0 bridgehead atoms. The van der Waals surface area contributed by atoms with Crippen molar-refractivity contribution in [2.24, 2.45) is 0 Å². The number of hydrogen-bond donors (Lipinski definition) is 1. The molecule has 3 rings (SSSR count). The third-order valence-corrected chi connectivity index (χ3v) is 3.79. The van der Waals surface area contributed by atoms with Gasteiger partial charge in [-0.2, -0.15) is 0 Å². The highest BCUT2D eigenvalue weighted by atomic mass is 32.1. The summed E-state index contributed by atoms with van der Waals surface area (Å²) >= 11 is 1.80. The number of thiophene rings is 1. The summed E-state index contributed by atoms with van der Waals surface area (Å²) in [6.45, 7) is 0.922. The van der Waals surface area contributed by atoms with E-state index in [-0.39, 0.29) is 0 Å². The average Bonchev–Trinajstić information content (AvgIpc) is 2.92. The third kappa shape index (κ3) is 2.51. The number of nitrogens with one attached hydrogen (secondary N) is 1. The Morgan fingerprint density at radius 2 is 1.94 bits per heavy atom. The summed E-state index contributed by atoms with van der Waals surface area (Å²) in [6, 6.07) is 16.6. The molecule has 0 aliphatic rings. The van der Waals surface area contributed by atoms with E-state index < -0.39 is 0 Å². The molecule has 3 heteroatoms. The van der Waals surface area contributed by atoms with E-state index in [1.807, 2.05) is 24.3 Å². The maximum Gasteiger partial charge on any atom is 0.126 e. The number of hydrogen-bond acceptors (Lipinski definition) is 3. The van der Waals surface area contributed by atoms with Crippen molar-refractivity contribution in [1.82, 2.24) is 4.98 Å². The minimum absolute atomic E-state index is 0.922. The lowest BCUT2D eigenvalue weighted by molar-refractivity contribution is 1.03. The zero-order chi connectivity index (χ0) is 12.2. The molecule has 0 aliphatic carbocycles. The molecule has 2 nitrogen and oxygen atoms in total. The lowest BCUT2D eigenvalue weighted by Gasteiger charge is -2.05. The first kappa shape index (κ1) is 11.2. The van der Waals surface area contributed by atoms with Crippen molar-refractivity contribution in [3.8, 4) is 0 Å². The first-order valence-electron chi connectivity index (χ1n) is 6.04. The molecule has 1 aromatic carbocycles. The SMILES string of the molecule is c1csc(CCNc2ccc3ccccc3n2)c1. The maximum atomic E-state index is 4.59. The Labute approximate surface area is 110 Å². The minimum Gasteiger partial charge on any atom is -0.370 e. The van der Waals surface area contributed by atoms with Crippen LogP contribution in [-0.2, 0) is 6.42 Å². The maximum absolute atomic E-state index is 4.59. The van der Waals surface area contributed by atoms with Gasteiger partial charge in [0.15, 0.2) is 0 Å². The van der Waals surface area contributed by atoms with Crippen LogP contribution in [0.25, 0.3) is 10.9 Å². The Kier molecular flexibility index (Phi) is 3.24. The van der Waals surface area contributed by atoms with Gasteiger partial charge in [-0.25, -0.2) is 4.98 Å². The second kappa shape index (κ2) is 5.19. The van der Waals surface area contributed by atoms with Crippen LogP contribution in [0.2, 0.25) is 0 Å². The number of para-hydroxylation sites is 1. The Balaban J connectivity index is 1.67. The molecule has 90 valence electrons. The summed E-state index contributed by atoms with van der Waals surface area (Å²) in [5, 5.41) is 6.67. The van der Waals surface area contributed by atoms with Gasteiger partial charge in [0, 0.05) is 16.8 Å². The van der Waals surface area contributed by atoms with Gasteiger partial charge in [-0.15, -0.1) is 11.3 Å². The van der Waals surface area contributed by atoms with Gasteiger partial charge in [0.1, 0.15) is 5.82 Å². The van der Waals surface area contributed by atoms with E-state index in [0.717, 1.165) is 24.3 Å². The fourth-order valence-corrected chi connectivity index (χ4v) is 2.64. The van der Waals surface area contributed by atoms with Crippen molar-refractivity contribution >= 4 is 28.1 Å². The lowest BCUT2D eigenvalue weighted by Crippen LogP contribution is -2.05. The van der Waals surface area contributed by atoms with Crippen molar-refractivity contribution in [3.63, 3.8) is 0 Å². The van der Waals surface area contributed by atoms with E-state index in [1.54, 1.807) is 11.3 Å². The fourth-order valence-electron chi connectivity index (χ4n) is 1.93. The van der Waals surface area contributed by atoms with Gasteiger partial charge in [0.05, 0.1) is 5.52 Å². The fraction of sp³-hybridized carbons (Fsp3) is 0.133. The number of pyridine rings is 1. The van der Waals surface area contributed by atoms with E-state index in [2.05, 4.69) is 39.9 Å². The molecule has 2 heterocycles. The van der Waals surface area contributed by atoms with E-state index in [1.165, 1.54) is 10.3 Å². The zero-order valence-electron chi connectivity index (χ0n) is 9.97. The molecule has 18 heavy (non-hydrogen) atoms. The lowest BCUT2D eigenvalue weighted by atomic mass is 10.2. The van der Waals surface area contributed by atoms with Crippen LogP contribution in [0.15, 0.2) is 53.9 Å². The number of rotatable bonds is 4. The number of anilines is 1.